The molecular formula is C22H20FNO5S. The lowest BCUT2D eigenvalue weighted by atomic mass is 9.94. The molecule has 30 heavy (non-hydrogen) atoms. The van der Waals surface area contributed by atoms with Gasteiger partial charge in [-0.05, 0) is 19.4 Å². The number of Topliss-reactive ketones (excluding diaryl/α,β-unsaturated/α-hetero) is 1. The molecule has 0 aromatic heterocycles. The Bertz CT molecular complexity index is 1170. The first-order valence-corrected chi connectivity index (χ1v) is 11.3. The number of ketones is 1. The largest absolute Gasteiger partial charge is 0.507 e. The van der Waals surface area contributed by atoms with E-state index >= 15 is 0 Å². The van der Waals surface area contributed by atoms with Gasteiger partial charge in [-0.1, -0.05) is 48.0 Å². The smallest absolute Gasteiger partial charge is 0.295 e. The summed E-state index contributed by atoms with van der Waals surface area (Å²) in [6.07, 6.45) is 0.158. The number of aliphatic hydroxyl groups is 1. The SMILES string of the molecule is Cc1ccc(C(O)=C2C(=O)C(=O)N(C3CCS(=O)(=O)C3)C2c2ccccc2F)cc1. The number of rotatable bonds is 3. The highest BCUT2D eigenvalue weighted by atomic mass is 32.2. The van der Waals surface area contributed by atoms with Crippen LogP contribution in [0.5, 0.6) is 0 Å². The minimum absolute atomic E-state index is 0.0367. The topological polar surface area (TPSA) is 91.8 Å². The fraction of sp³-hybridized carbons (Fsp3) is 0.273. The van der Waals surface area contributed by atoms with Gasteiger partial charge in [0.05, 0.1) is 23.1 Å². The van der Waals surface area contributed by atoms with E-state index in [2.05, 4.69) is 0 Å². The number of aliphatic hydroxyl groups excluding tert-OH is 1. The Kier molecular flexibility index (Phi) is 4.97. The number of amides is 1. The van der Waals surface area contributed by atoms with Crippen molar-refractivity contribution in [1.82, 2.24) is 4.90 Å². The van der Waals surface area contributed by atoms with E-state index in [-0.39, 0.29) is 29.1 Å². The van der Waals surface area contributed by atoms with Crippen LogP contribution in [0.15, 0.2) is 54.1 Å². The summed E-state index contributed by atoms with van der Waals surface area (Å²) in [4.78, 5) is 27.0. The summed E-state index contributed by atoms with van der Waals surface area (Å²) < 4.78 is 38.7. The van der Waals surface area contributed by atoms with Crippen molar-refractivity contribution in [3.63, 3.8) is 0 Å². The minimum Gasteiger partial charge on any atom is -0.507 e. The third-order valence-corrected chi connectivity index (χ3v) is 7.36. The summed E-state index contributed by atoms with van der Waals surface area (Å²) in [5.41, 5.74) is 1.06. The van der Waals surface area contributed by atoms with Gasteiger partial charge in [0.1, 0.15) is 11.6 Å². The highest BCUT2D eigenvalue weighted by Gasteiger charge is 2.51. The monoisotopic (exact) mass is 429 g/mol. The van der Waals surface area contributed by atoms with Gasteiger partial charge in [-0.2, -0.15) is 0 Å². The zero-order chi connectivity index (χ0) is 21.6. The molecule has 2 heterocycles. The van der Waals surface area contributed by atoms with Crippen molar-refractivity contribution < 1.29 is 27.5 Å². The summed E-state index contributed by atoms with van der Waals surface area (Å²) in [6, 6.07) is 10.4. The van der Waals surface area contributed by atoms with Crippen LogP contribution in [0, 0.1) is 12.7 Å². The molecule has 2 unspecified atom stereocenters. The van der Waals surface area contributed by atoms with Crippen molar-refractivity contribution in [2.24, 2.45) is 0 Å². The molecule has 0 bridgehead atoms. The van der Waals surface area contributed by atoms with Gasteiger partial charge in [-0.15, -0.1) is 0 Å². The molecule has 0 radical (unpaired) electrons. The van der Waals surface area contributed by atoms with E-state index in [9.17, 15) is 27.5 Å². The fourth-order valence-corrected chi connectivity index (χ4v) is 5.80. The predicted molar refractivity (Wildman–Crippen MR) is 109 cm³/mol. The van der Waals surface area contributed by atoms with Gasteiger partial charge < -0.3 is 10.0 Å². The molecule has 2 atom stereocenters. The lowest BCUT2D eigenvalue weighted by Gasteiger charge is -2.30. The number of aryl methyl sites for hydroxylation is 1. The molecule has 2 aliphatic rings. The maximum atomic E-state index is 14.7. The lowest BCUT2D eigenvalue weighted by Crippen LogP contribution is -2.40. The standard InChI is InChI=1S/C22H20FNO5S/c1-13-6-8-14(9-7-13)20(25)18-19(16-4-2-3-5-17(16)23)24(22(27)21(18)26)15-10-11-30(28,29)12-15/h2-9,15,19,25H,10-12H2,1H3. The van der Waals surface area contributed by atoms with Crippen molar-refractivity contribution in [3.8, 4) is 0 Å². The maximum absolute atomic E-state index is 14.7. The molecule has 2 fully saturated rings. The van der Waals surface area contributed by atoms with E-state index in [1.165, 1.54) is 18.2 Å². The predicted octanol–water partition coefficient (Wildman–Crippen LogP) is 2.74. The van der Waals surface area contributed by atoms with Gasteiger partial charge in [0, 0.05) is 17.2 Å². The van der Waals surface area contributed by atoms with Crippen LogP contribution in [0.1, 0.15) is 29.2 Å². The first kappa shape index (κ1) is 20.3. The first-order chi connectivity index (χ1) is 14.2. The van der Waals surface area contributed by atoms with Crippen LogP contribution in [0.3, 0.4) is 0 Å². The molecule has 156 valence electrons. The molecular weight excluding hydrogens is 409 g/mol. The van der Waals surface area contributed by atoms with Crippen molar-refractivity contribution in [1.29, 1.82) is 0 Å². The van der Waals surface area contributed by atoms with Crippen LogP contribution < -0.4 is 0 Å². The summed E-state index contributed by atoms with van der Waals surface area (Å²) in [5.74, 6) is -3.35. The van der Waals surface area contributed by atoms with E-state index in [0.717, 1.165) is 10.5 Å². The summed E-state index contributed by atoms with van der Waals surface area (Å²) in [6.45, 7) is 1.86. The first-order valence-electron chi connectivity index (χ1n) is 9.51. The Morgan fingerprint density at radius 3 is 2.37 bits per heavy atom. The van der Waals surface area contributed by atoms with Gasteiger partial charge in [-0.25, -0.2) is 12.8 Å². The van der Waals surface area contributed by atoms with E-state index in [0.29, 0.717) is 5.56 Å². The van der Waals surface area contributed by atoms with Crippen molar-refractivity contribution in [2.45, 2.75) is 25.4 Å². The van der Waals surface area contributed by atoms with Crippen LogP contribution >= 0.6 is 0 Å². The zero-order valence-electron chi connectivity index (χ0n) is 16.2. The molecule has 1 amide bonds. The van der Waals surface area contributed by atoms with Crippen molar-refractivity contribution >= 4 is 27.3 Å². The normalized spacial score (nSPS) is 25.1. The number of benzene rings is 2. The Balaban J connectivity index is 1.91. The molecule has 2 saturated heterocycles. The number of carbonyl (C=O) groups excluding carboxylic acids is 2. The van der Waals surface area contributed by atoms with Crippen LogP contribution in [0.25, 0.3) is 5.76 Å². The molecule has 4 rings (SSSR count). The molecule has 2 aromatic rings. The van der Waals surface area contributed by atoms with Crippen LogP contribution in [-0.2, 0) is 19.4 Å². The van der Waals surface area contributed by atoms with Crippen molar-refractivity contribution in [3.05, 3.63) is 76.6 Å². The molecule has 0 aliphatic carbocycles. The Morgan fingerprint density at radius 2 is 1.77 bits per heavy atom. The second-order valence-corrected chi connectivity index (χ2v) is 9.88. The number of likely N-dealkylation sites (tertiary alicyclic amines) is 1. The molecule has 8 heteroatoms. The van der Waals surface area contributed by atoms with Gasteiger partial charge in [0.15, 0.2) is 9.84 Å². The third kappa shape index (κ3) is 3.41. The summed E-state index contributed by atoms with van der Waals surface area (Å²) in [5, 5.41) is 10.9. The van der Waals surface area contributed by atoms with Crippen LogP contribution in [0.2, 0.25) is 0 Å². The van der Waals surface area contributed by atoms with Crippen molar-refractivity contribution in [2.75, 3.05) is 11.5 Å². The average molecular weight is 429 g/mol. The summed E-state index contributed by atoms with van der Waals surface area (Å²) >= 11 is 0. The number of sulfone groups is 1. The quantitative estimate of drug-likeness (QED) is 0.460. The van der Waals surface area contributed by atoms with Crippen LogP contribution in [0.4, 0.5) is 4.39 Å². The lowest BCUT2D eigenvalue weighted by molar-refractivity contribution is -0.141. The van der Waals surface area contributed by atoms with E-state index in [1.54, 1.807) is 30.3 Å². The molecule has 2 aliphatic heterocycles. The van der Waals surface area contributed by atoms with Crippen LogP contribution in [-0.4, -0.2) is 47.7 Å². The summed E-state index contributed by atoms with van der Waals surface area (Å²) in [7, 11) is -3.36. The maximum Gasteiger partial charge on any atom is 0.295 e. The van der Waals surface area contributed by atoms with E-state index < -0.39 is 45.2 Å². The van der Waals surface area contributed by atoms with E-state index in [1.807, 2.05) is 6.92 Å². The van der Waals surface area contributed by atoms with Gasteiger partial charge in [-0.3, -0.25) is 9.59 Å². The average Bonchev–Trinajstić information content (AvgIpc) is 3.19. The van der Waals surface area contributed by atoms with E-state index in [4.69, 9.17) is 0 Å². The minimum atomic E-state index is -3.36. The molecule has 2 aromatic carbocycles. The highest BCUT2D eigenvalue weighted by molar-refractivity contribution is 7.91. The second kappa shape index (κ2) is 7.36. The second-order valence-electron chi connectivity index (χ2n) is 7.65. The zero-order valence-corrected chi connectivity index (χ0v) is 17.0. The van der Waals surface area contributed by atoms with Gasteiger partial charge >= 0.3 is 0 Å². The highest BCUT2D eigenvalue weighted by Crippen LogP contribution is 2.43. The number of hydrogen-bond acceptors (Lipinski definition) is 5. The fourth-order valence-electron chi connectivity index (χ4n) is 4.09. The Labute approximate surface area is 173 Å². The number of hydrogen-bond donors (Lipinski definition) is 1. The number of carbonyl (C=O) groups is 2. The van der Waals surface area contributed by atoms with Gasteiger partial charge in [0.2, 0.25) is 0 Å². The Morgan fingerprint density at radius 1 is 1.10 bits per heavy atom. The Hall–Kier alpha value is -3.00. The molecule has 0 saturated carbocycles. The third-order valence-electron chi connectivity index (χ3n) is 5.61. The number of halogens is 1. The van der Waals surface area contributed by atoms with Gasteiger partial charge in [0.25, 0.3) is 11.7 Å². The molecule has 0 spiro atoms. The molecule has 1 N–H and O–H groups in total. The number of nitrogens with zero attached hydrogens (tertiary/aromatic N) is 1. The molecule has 6 nitrogen and oxygen atoms in total.